The summed E-state index contributed by atoms with van der Waals surface area (Å²) < 4.78 is 1.22. The van der Waals surface area contributed by atoms with Crippen molar-refractivity contribution in [1.29, 1.82) is 0 Å². The van der Waals surface area contributed by atoms with Crippen LogP contribution in [0.25, 0.3) is 0 Å². The Kier molecular flexibility index (Phi) is 5.31. The first-order chi connectivity index (χ1) is 7.49. The van der Waals surface area contributed by atoms with Gasteiger partial charge in [0.15, 0.2) is 0 Å². The van der Waals surface area contributed by atoms with Gasteiger partial charge in [-0.3, -0.25) is 0 Å². The molecule has 0 fully saturated rings. The lowest BCUT2D eigenvalue weighted by molar-refractivity contribution is 0.854. The Bertz CT molecular complexity index is 393. The summed E-state index contributed by atoms with van der Waals surface area (Å²) in [6.07, 6.45) is 3.29. The molecule has 0 spiro atoms. The molecule has 0 aliphatic heterocycles. The highest BCUT2D eigenvalue weighted by atomic mass is 79.9. The third-order valence-corrected chi connectivity index (χ3v) is 3.87. The fraction of sp³-hybridized carbons (Fsp3) is 0.429. The van der Waals surface area contributed by atoms with Crippen molar-refractivity contribution >= 4 is 24.0 Å². The number of unbranched alkanes of at least 4 members (excludes halogenated alkanes) is 1. The first kappa shape index (κ1) is 13.5. The predicted octanol–water partition coefficient (Wildman–Crippen LogP) is 4.65. The maximum absolute atomic E-state index is 3.57. The van der Waals surface area contributed by atoms with Crippen LogP contribution in [0, 0.1) is 11.5 Å². The topological polar surface area (TPSA) is 0 Å². The molecule has 0 nitrogen and oxygen atoms in total. The molecule has 1 aromatic rings. The Morgan fingerprint density at radius 1 is 1.19 bits per heavy atom. The molecule has 1 rings (SSSR count). The molecule has 0 radical (unpaired) electrons. The lowest BCUT2D eigenvalue weighted by atomic mass is 10.1. The summed E-state index contributed by atoms with van der Waals surface area (Å²) in [5, 5.41) is 0. The number of hydrogen-bond donors (Lipinski definition) is 0. The van der Waals surface area contributed by atoms with Gasteiger partial charge in [-0.05, 0) is 24.5 Å². The third kappa shape index (κ3) is 5.53. The van der Waals surface area contributed by atoms with Gasteiger partial charge in [-0.1, -0.05) is 53.8 Å². The van der Waals surface area contributed by atoms with Gasteiger partial charge in [-0.25, -0.2) is 0 Å². The molecule has 86 valence electrons. The zero-order valence-electron chi connectivity index (χ0n) is 10.3. The molecule has 0 saturated carbocycles. The van der Waals surface area contributed by atoms with Crippen molar-refractivity contribution in [3.8, 4) is 11.5 Å². The van der Waals surface area contributed by atoms with Crippen molar-refractivity contribution < 1.29 is 0 Å². The van der Waals surface area contributed by atoms with E-state index in [2.05, 4.69) is 71.3 Å². The quantitative estimate of drug-likeness (QED) is 0.432. The summed E-state index contributed by atoms with van der Waals surface area (Å²) in [6, 6.07) is 8.42. The summed E-state index contributed by atoms with van der Waals surface area (Å²) >= 11 is 3.57. The van der Waals surface area contributed by atoms with E-state index in [1.165, 1.54) is 10.0 Å². The van der Waals surface area contributed by atoms with E-state index in [4.69, 9.17) is 0 Å². The molecule has 2 heteroatoms. The number of halogens is 1. The van der Waals surface area contributed by atoms with E-state index in [-0.39, 0.29) is 0 Å². The predicted molar refractivity (Wildman–Crippen MR) is 78.2 cm³/mol. The zero-order valence-corrected chi connectivity index (χ0v) is 12.9. The third-order valence-electron chi connectivity index (χ3n) is 2.17. The molecule has 0 unspecified atom stereocenters. The highest BCUT2D eigenvalue weighted by Crippen LogP contribution is 2.17. The fourth-order valence-electron chi connectivity index (χ4n) is 1.40. The van der Waals surface area contributed by atoms with Crippen molar-refractivity contribution in [1.82, 2.24) is 0 Å². The monoisotopic (exact) mass is 294 g/mol. The Labute approximate surface area is 109 Å². The van der Waals surface area contributed by atoms with Crippen molar-refractivity contribution in [3.05, 3.63) is 34.3 Å². The van der Waals surface area contributed by atoms with Crippen LogP contribution in [0.3, 0.4) is 0 Å². The van der Waals surface area contributed by atoms with Crippen LogP contribution in [0.5, 0.6) is 0 Å². The minimum atomic E-state index is -1.17. The first-order valence-corrected chi connectivity index (χ1v) is 10.0. The SMILES string of the molecule is C[Si](C)(C)C#CCCCc1ccccc1Br. The molecule has 0 bridgehead atoms. The molecule has 0 amide bonds. The largest absolute Gasteiger partial charge is 0.132 e. The molecule has 0 aromatic heterocycles. The zero-order chi connectivity index (χ0) is 12.0. The molecule has 0 saturated heterocycles. The molecule has 0 N–H and O–H groups in total. The maximum Gasteiger partial charge on any atom is 0.129 e. The molecule has 16 heavy (non-hydrogen) atoms. The Hall–Kier alpha value is -0.523. The first-order valence-electron chi connectivity index (χ1n) is 5.72. The highest BCUT2D eigenvalue weighted by molar-refractivity contribution is 9.10. The summed E-state index contributed by atoms with van der Waals surface area (Å²) in [6.45, 7) is 6.86. The van der Waals surface area contributed by atoms with Crippen LogP contribution >= 0.6 is 15.9 Å². The van der Waals surface area contributed by atoms with Gasteiger partial charge < -0.3 is 0 Å². The van der Waals surface area contributed by atoms with E-state index < -0.39 is 8.07 Å². The van der Waals surface area contributed by atoms with Crippen molar-refractivity contribution in [2.75, 3.05) is 0 Å². The van der Waals surface area contributed by atoms with Gasteiger partial charge >= 0.3 is 0 Å². The van der Waals surface area contributed by atoms with Crippen LogP contribution in [0.1, 0.15) is 18.4 Å². The molecule has 0 atom stereocenters. The Balaban J connectivity index is 2.36. The standard InChI is InChI=1S/C14H19BrSi/c1-16(2,3)12-8-4-5-9-13-10-6-7-11-14(13)15/h6-7,10-11H,4-5,9H2,1-3H3. The van der Waals surface area contributed by atoms with Gasteiger partial charge in [0.05, 0.1) is 0 Å². The van der Waals surface area contributed by atoms with Crippen molar-refractivity contribution in [2.24, 2.45) is 0 Å². The summed E-state index contributed by atoms with van der Waals surface area (Å²) in [5.41, 5.74) is 4.79. The van der Waals surface area contributed by atoms with Crippen LogP contribution in [-0.2, 0) is 6.42 Å². The molecule has 0 aliphatic carbocycles. The van der Waals surface area contributed by atoms with E-state index in [1.807, 2.05) is 0 Å². The van der Waals surface area contributed by atoms with E-state index in [1.54, 1.807) is 0 Å². The van der Waals surface area contributed by atoms with Crippen LogP contribution < -0.4 is 0 Å². The summed E-state index contributed by atoms with van der Waals surface area (Å²) in [5.74, 6) is 3.31. The second-order valence-corrected chi connectivity index (χ2v) is 10.6. The fourth-order valence-corrected chi connectivity index (χ4v) is 2.53. The van der Waals surface area contributed by atoms with Crippen LogP contribution in [0.15, 0.2) is 28.7 Å². The van der Waals surface area contributed by atoms with E-state index in [0.29, 0.717) is 0 Å². The van der Waals surface area contributed by atoms with E-state index in [0.717, 1.165) is 19.3 Å². The molecule has 0 aliphatic rings. The van der Waals surface area contributed by atoms with Crippen LogP contribution in [0.4, 0.5) is 0 Å². The lowest BCUT2D eigenvalue weighted by Crippen LogP contribution is -2.16. The van der Waals surface area contributed by atoms with Gasteiger partial charge in [0.2, 0.25) is 0 Å². The van der Waals surface area contributed by atoms with Gasteiger partial charge in [0.25, 0.3) is 0 Å². The van der Waals surface area contributed by atoms with Gasteiger partial charge in [0, 0.05) is 10.9 Å². The Morgan fingerprint density at radius 2 is 1.88 bits per heavy atom. The van der Waals surface area contributed by atoms with Crippen LogP contribution in [0.2, 0.25) is 19.6 Å². The van der Waals surface area contributed by atoms with Crippen LogP contribution in [-0.4, -0.2) is 8.07 Å². The minimum absolute atomic E-state index is 1.02. The average molecular weight is 295 g/mol. The highest BCUT2D eigenvalue weighted by Gasteiger charge is 2.06. The number of rotatable bonds is 3. The lowest BCUT2D eigenvalue weighted by Gasteiger charge is -2.04. The number of aryl methyl sites for hydroxylation is 1. The van der Waals surface area contributed by atoms with Crippen molar-refractivity contribution in [2.45, 2.75) is 38.9 Å². The minimum Gasteiger partial charge on any atom is -0.132 e. The molecule has 1 aromatic carbocycles. The van der Waals surface area contributed by atoms with Gasteiger partial charge in [-0.15, -0.1) is 11.5 Å². The number of hydrogen-bond acceptors (Lipinski definition) is 0. The maximum atomic E-state index is 3.57. The van der Waals surface area contributed by atoms with E-state index >= 15 is 0 Å². The van der Waals surface area contributed by atoms with E-state index in [9.17, 15) is 0 Å². The summed E-state index contributed by atoms with van der Waals surface area (Å²) in [7, 11) is -1.17. The molecule has 0 heterocycles. The molecular weight excluding hydrogens is 276 g/mol. The second-order valence-electron chi connectivity index (χ2n) is 5.00. The van der Waals surface area contributed by atoms with Gasteiger partial charge in [0.1, 0.15) is 8.07 Å². The number of benzene rings is 1. The summed E-state index contributed by atoms with van der Waals surface area (Å²) in [4.78, 5) is 0. The normalized spacial score (nSPS) is 10.8. The average Bonchev–Trinajstić information content (AvgIpc) is 2.18. The Morgan fingerprint density at radius 3 is 2.50 bits per heavy atom. The second kappa shape index (κ2) is 6.27. The van der Waals surface area contributed by atoms with Crippen molar-refractivity contribution in [3.63, 3.8) is 0 Å². The van der Waals surface area contributed by atoms with Gasteiger partial charge in [-0.2, -0.15) is 0 Å². The molecular formula is C14H19BrSi. The smallest absolute Gasteiger partial charge is 0.129 e.